The van der Waals surface area contributed by atoms with Crippen LogP contribution in [-0.4, -0.2) is 13.4 Å². The maximum Gasteiger partial charge on any atom is 0.249 e. The molecule has 0 aliphatic carbocycles. The summed E-state index contributed by atoms with van der Waals surface area (Å²) in [6, 6.07) is 85.7. The van der Waals surface area contributed by atoms with Crippen LogP contribution < -0.4 is 42.6 Å². The van der Waals surface area contributed by atoms with Gasteiger partial charge in [-0.2, -0.15) is 0 Å². The van der Waals surface area contributed by atoms with Crippen molar-refractivity contribution in [3.05, 3.63) is 231 Å². The van der Waals surface area contributed by atoms with E-state index in [0.29, 0.717) is 0 Å². The van der Waals surface area contributed by atoms with Crippen LogP contribution in [0.1, 0.15) is 0 Å². The Hall–Kier alpha value is -7.02. The Bertz CT molecular complexity index is 3550. The first kappa shape index (κ1) is 39.2. The van der Waals surface area contributed by atoms with Crippen molar-refractivity contribution in [3.63, 3.8) is 0 Å². The van der Waals surface area contributed by atoms with E-state index in [2.05, 4.69) is 240 Å². The van der Waals surface area contributed by atoms with Crippen molar-refractivity contribution in [1.29, 1.82) is 0 Å². The number of hydrogen-bond acceptors (Lipinski definition) is 5. The van der Waals surface area contributed by atoms with Crippen molar-refractivity contribution in [3.8, 4) is 22.3 Å². The second-order valence-electron chi connectivity index (χ2n) is 17.6. The van der Waals surface area contributed by atoms with Gasteiger partial charge in [-0.3, -0.25) is 0 Å². The third kappa shape index (κ3) is 6.33. The van der Waals surface area contributed by atoms with E-state index >= 15 is 0 Å². The van der Waals surface area contributed by atoms with E-state index in [9.17, 15) is 0 Å². The number of nitrogens with zero attached hydrogens (tertiary/aromatic N) is 2. The fourth-order valence-corrected chi connectivity index (χ4v) is 14.6. The van der Waals surface area contributed by atoms with Gasteiger partial charge in [0, 0.05) is 63.4 Å². The number of para-hydroxylation sites is 3. The molecule has 0 radical (unpaired) electrons. The van der Waals surface area contributed by atoms with Gasteiger partial charge in [0.1, 0.15) is 0 Å². The van der Waals surface area contributed by atoms with Crippen LogP contribution in [0.4, 0.5) is 34.1 Å². The maximum atomic E-state index is 2.63. The minimum Gasteiger partial charge on any atom is -0.311 e. The Kier molecular flexibility index (Phi) is 9.25. The van der Waals surface area contributed by atoms with Gasteiger partial charge in [-0.05, 0) is 106 Å². The van der Waals surface area contributed by atoms with Gasteiger partial charge in [-0.1, -0.05) is 209 Å². The van der Waals surface area contributed by atoms with Crippen LogP contribution in [0.15, 0.2) is 260 Å². The molecule has 0 atom stereocenters. The van der Waals surface area contributed by atoms with E-state index in [0.717, 1.165) is 17.1 Å². The van der Waals surface area contributed by atoms with Crippen LogP contribution in [-0.2, 0) is 0 Å². The minimum absolute atomic E-state index is 0.0551. The summed E-state index contributed by atoms with van der Waals surface area (Å²) in [6.07, 6.45) is 0. The first-order chi connectivity index (χ1) is 33.2. The molecule has 4 aliphatic rings. The zero-order valence-electron chi connectivity index (χ0n) is 36.2. The van der Waals surface area contributed by atoms with Crippen molar-refractivity contribution < 1.29 is 0 Å². The second kappa shape index (κ2) is 15.8. The molecule has 0 saturated heterocycles. The third-order valence-electron chi connectivity index (χ3n) is 13.8. The first-order valence-electron chi connectivity index (χ1n) is 22.9. The summed E-state index contributed by atoms with van der Waals surface area (Å²) in [4.78, 5) is 12.9. The van der Waals surface area contributed by atoms with Crippen LogP contribution >= 0.6 is 35.3 Å². The molecule has 14 rings (SSSR count). The van der Waals surface area contributed by atoms with Gasteiger partial charge in [0.05, 0.1) is 5.69 Å². The molecule has 10 aromatic rings. The van der Waals surface area contributed by atoms with E-state index in [4.69, 9.17) is 0 Å². The molecule has 67 heavy (non-hydrogen) atoms. The summed E-state index contributed by atoms with van der Waals surface area (Å²) in [5.41, 5.74) is 20.3. The molecule has 0 bridgehead atoms. The highest BCUT2D eigenvalue weighted by atomic mass is 32.2. The molecule has 312 valence electrons. The van der Waals surface area contributed by atoms with Gasteiger partial charge in [0.15, 0.2) is 0 Å². The molecule has 0 saturated carbocycles. The predicted octanol–water partition coefficient (Wildman–Crippen LogP) is 12.7. The molecule has 0 unspecified atom stereocenters. The number of fused-ring (bicyclic) bond motifs is 8. The van der Waals surface area contributed by atoms with Gasteiger partial charge >= 0.3 is 0 Å². The van der Waals surface area contributed by atoms with Crippen LogP contribution in [0.2, 0.25) is 0 Å². The summed E-state index contributed by atoms with van der Waals surface area (Å²) in [5.74, 6) is 0. The number of hydrogen-bond donors (Lipinski definition) is 0. The van der Waals surface area contributed by atoms with E-state index in [-0.39, 0.29) is 13.4 Å². The highest BCUT2D eigenvalue weighted by molar-refractivity contribution is 8.01. The highest BCUT2D eigenvalue weighted by Crippen LogP contribution is 2.49. The van der Waals surface area contributed by atoms with E-state index in [1.165, 1.54) is 101 Å². The lowest BCUT2D eigenvalue weighted by atomic mass is 9.32. The second-order valence-corrected chi connectivity index (χ2v) is 20.8. The van der Waals surface area contributed by atoms with Gasteiger partial charge in [-0.25, -0.2) is 0 Å². The standard InChI is InChI=1S/C60H38B2N2S3/c1-5-19-39(20-6-1)41-33-52-59-56(34-41)65-53-31-17-14-28-46(53)61(59)48-37-49-55(38-51(48)64(52)50-30-16-13-27-45(50)40-21-7-2-8-22-40)67-58-36-44(35-57-60(58)62(49)47-29-15-18-32-54(47)66-57)63(42-23-9-3-10-24-42)43-25-11-4-12-26-43/h1-38H. The molecule has 2 nitrogen and oxygen atoms in total. The van der Waals surface area contributed by atoms with Gasteiger partial charge in [-0.15, -0.1) is 0 Å². The van der Waals surface area contributed by atoms with E-state index in [1.807, 2.05) is 35.3 Å². The number of benzene rings is 10. The van der Waals surface area contributed by atoms with Gasteiger partial charge in [0.2, 0.25) is 13.4 Å². The molecule has 4 heterocycles. The van der Waals surface area contributed by atoms with E-state index in [1.54, 1.807) is 0 Å². The predicted molar refractivity (Wildman–Crippen MR) is 288 cm³/mol. The van der Waals surface area contributed by atoms with Crippen LogP contribution in [0.25, 0.3) is 22.3 Å². The molecule has 0 fully saturated rings. The van der Waals surface area contributed by atoms with Crippen molar-refractivity contribution in [1.82, 2.24) is 0 Å². The topological polar surface area (TPSA) is 6.48 Å². The monoisotopic (exact) mass is 904 g/mol. The lowest BCUT2D eigenvalue weighted by Crippen LogP contribution is -2.63. The summed E-state index contributed by atoms with van der Waals surface area (Å²) in [5, 5.41) is 0. The average Bonchev–Trinajstić information content (AvgIpc) is 3.39. The Morgan fingerprint density at radius 3 is 1.45 bits per heavy atom. The largest absolute Gasteiger partial charge is 0.311 e. The van der Waals surface area contributed by atoms with Gasteiger partial charge in [0.25, 0.3) is 0 Å². The fraction of sp³-hybridized carbons (Fsp3) is 0. The molecule has 0 aromatic heterocycles. The van der Waals surface area contributed by atoms with E-state index < -0.39 is 0 Å². The van der Waals surface area contributed by atoms with Crippen LogP contribution in [0.3, 0.4) is 0 Å². The van der Waals surface area contributed by atoms with Crippen LogP contribution in [0, 0.1) is 0 Å². The Morgan fingerprint density at radius 2 is 0.806 bits per heavy atom. The SMILES string of the molecule is c1ccc(-c2cc3c4c(c2)N(c2ccccc2-c2ccccc2)c2cc5c(cc2B4c2ccccc2S3)B2c3ccccc3Sc3cc(N(c4ccccc4)c4ccccc4)cc(c32)S5)cc1. The molecule has 0 N–H and O–H groups in total. The van der Waals surface area contributed by atoms with Crippen molar-refractivity contribution in [2.24, 2.45) is 0 Å². The summed E-state index contributed by atoms with van der Waals surface area (Å²) in [6.45, 7) is 0.138. The maximum absolute atomic E-state index is 2.63. The molecule has 0 amide bonds. The minimum atomic E-state index is 0.0551. The zero-order chi connectivity index (χ0) is 44.0. The van der Waals surface area contributed by atoms with Gasteiger partial charge < -0.3 is 9.80 Å². The quantitative estimate of drug-likeness (QED) is 0.153. The lowest BCUT2D eigenvalue weighted by molar-refractivity contribution is 1.23. The number of rotatable bonds is 6. The van der Waals surface area contributed by atoms with Crippen molar-refractivity contribution in [2.75, 3.05) is 9.80 Å². The molecule has 10 aromatic carbocycles. The third-order valence-corrected chi connectivity index (χ3v) is 17.2. The number of anilines is 6. The lowest BCUT2D eigenvalue weighted by Gasteiger charge is -2.43. The summed E-state index contributed by atoms with van der Waals surface area (Å²) < 4.78 is 0. The Labute approximate surface area is 404 Å². The zero-order valence-corrected chi connectivity index (χ0v) is 38.7. The molecule has 7 heteroatoms. The molecular weight excluding hydrogens is 866 g/mol. The summed E-state index contributed by atoms with van der Waals surface area (Å²) in [7, 11) is 0. The summed E-state index contributed by atoms with van der Waals surface area (Å²) >= 11 is 5.78. The highest BCUT2D eigenvalue weighted by Gasteiger charge is 2.45. The molecule has 4 aliphatic heterocycles. The average molecular weight is 905 g/mol. The van der Waals surface area contributed by atoms with Crippen molar-refractivity contribution >= 4 is 116 Å². The Balaban J connectivity index is 1.04. The van der Waals surface area contributed by atoms with Crippen molar-refractivity contribution in [2.45, 2.75) is 29.4 Å². The van der Waals surface area contributed by atoms with Crippen LogP contribution in [0.5, 0.6) is 0 Å². The normalized spacial score (nSPS) is 13.4. The fourth-order valence-electron chi connectivity index (χ4n) is 10.9. The first-order valence-corrected chi connectivity index (χ1v) is 25.3. The Morgan fingerprint density at radius 1 is 0.299 bits per heavy atom. The molecular formula is C60H38B2N2S3. The smallest absolute Gasteiger partial charge is 0.249 e. The molecule has 0 spiro atoms.